The maximum absolute atomic E-state index is 5.92. The van der Waals surface area contributed by atoms with Gasteiger partial charge in [-0.2, -0.15) is 0 Å². The van der Waals surface area contributed by atoms with E-state index in [1.807, 2.05) is 22.8 Å². The number of benzene rings is 1. The highest BCUT2D eigenvalue weighted by Crippen LogP contribution is 2.24. The molecule has 0 aliphatic rings. The number of nitrogens with one attached hydrogen (secondary N) is 2. The normalized spacial score (nSPS) is 11.4. The maximum atomic E-state index is 5.92. The second-order valence-corrected chi connectivity index (χ2v) is 5.91. The smallest absolute Gasteiger partial charge is 0.191 e. The van der Waals surface area contributed by atoms with Crippen LogP contribution in [0, 0.1) is 6.92 Å². The quantitative estimate of drug-likeness (QED) is 0.241. The van der Waals surface area contributed by atoms with E-state index in [1.165, 1.54) is 5.56 Å². The molecule has 0 unspecified atom stereocenters. The summed E-state index contributed by atoms with van der Waals surface area (Å²) < 4.78 is 7.90. The Labute approximate surface area is 170 Å². The van der Waals surface area contributed by atoms with Crippen molar-refractivity contribution in [1.29, 1.82) is 0 Å². The van der Waals surface area contributed by atoms with Gasteiger partial charge in [0.15, 0.2) is 5.96 Å². The van der Waals surface area contributed by atoms with Crippen molar-refractivity contribution < 1.29 is 4.42 Å². The number of aliphatic imine (C=N–C) groups is 1. The Morgan fingerprint density at radius 1 is 1.15 bits per heavy atom. The number of hydrogen-bond acceptors (Lipinski definition) is 4. The van der Waals surface area contributed by atoms with Crippen molar-refractivity contribution in [3.05, 3.63) is 48.2 Å². The highest BCUT2D eigenvalue weighted by molar-refractivity contribution is 14.0. The van der Waals surface area contributed by atoms with Crippen LogP contribution in [0.1, 0.15) is 24.2 Å². The molecule has 0 atom stereocenters. The van der Waals surface area contributed by atoms with Gasteiger partial charge in [0.25, 0.3) is 0 Å². The molecule has 0 aliphatic heterocycles. The lowest BCUT2D eigenvalue weighted by Crippen LogP contribution is -2.37. The van der Waals surface area contributed by atoms with Crippen LogP contribution in [0.2, 0.25) is 0 Å². The van der Waals surface area contributed by atoms with Crippen molar-refractivity contribution in [1.82, 2.24) is 25.4 Å². The number of halogens is 1. The van der Waals surface area contributed by atoms with Crippen molar-refractivity contribution in [2.45, 2.75) is 32.9 Å². The first-order valence-electron chi connectivity index (χ1n) is 8.52. The summed E-state index contributed by atoms with van der Waals surface area (Å²) in [5, 5.41) is 15.4. The van der Waals surface area contributed by atoms with E-state index in [1.54, 1.807) is 19.7 Å². The van der Waals surface area contributed by atoms with Gasteiger partial charge in [0.1, 0.15) is 24.0 Å². The van der Waals surface area contributed by atoms with Crippen LogP contribution >= 0.6 is 24.0 Å². The molecule has 7 nitrogen and oxygen atoms in total. The molecule has 0 amide bonds. The molecule has 0 saturated heterocycles. The summed E-state index contributed by atoms with van der Waals surface area (Å²) in [7, 11) is 1.78. The molecule has 0 bridgehead atoms. The first kappa shape index (κ1) is 20.2. The van der Waals surface area contributed by atoms with E-state index in [0.717, 1.165) is 48.6 Å². The monoisotopic (exact) mass is 468 g/mol. The molecule has 0 saturated carbocycles. The van der Waals surface area contributed by atoms with Gasteiger partial charge in [0.05, 0.1) is 6.54 Å². The zero-order valence-electron chi connectivity index (χ0n) is 15.1. The molecule has 8 heteroatoms. The zero-order valence-corrected chi connectivity index (χ0v) is 17.4. The molecule has 2 N–H and O–H groups in total. The molecule has 140 valence electrons. The minimum atomic E-state index is 0. The van der Waals surface area contributed by atoms with Crippen LogP contribution < -0.4 is 10.6 Å². The van der Waals surface area contributed by atoms with Crippen LogP contribution in [0.15, 0.2) is 46.3 Å². The van der Waals surface area contributed by atoms with E-state index in [4.69, 9.17) is 4.42 Å². The highest BCUT2D eigenvalue weighted by atomic mass is 127. The van der Waals surface area contributed by atoms with Crippen LogP contribution in [0.3, 0.4) is 0 Å². The molecule has 1 aromatic carbocycles. The summed E-state index contributed by atoms with van der Waals surface area (Å²) in [4.78, 5) is 4.26. The summed E-state index contributed by atoms with van der Waals surface area (Å²) >= 11 is 0. The number of fused-ring (bicyclic) bond motifs is 1. The lowest BCUT2D eigenvalue weighted by atomic mass is 10.1. The Hall–Kier alpha value is -2.10. The van der Waals surface area contributed by atoms with Crippen LogP contribution in [-0.4, -0.2) is 34.3 Å². The molecule has 0 radical (unpaired) electrons. The van der Waals surface area contributed by atoms with E-state index >= 15 is 0 Å². The molecule has 0 aliphatic carbocycles. The van der Waals surface area contributed by atoms with E-state index in [-0.39, 0.29) is 24.0 Å². The van der Waals surface area contributed by atoms with Gasteiger partial charge >= 0.3 is 0 Å². The van der Waals surface area contributed by atoms with Crippen molar-refractivity contribution >= 4 is 40.9 Å². The first-order chi connectivity index (χ1) is 12.3. The molecule has 26 heavy (non-hydrogen) atoms. The number of aromatic nitrogens is 3. The summed E-state index contributed by atoms with van der Waals surface area (Å²) in [6.07, 6.45) is 5.58. The SMILES string of the molecule is CN=C(NCCCCn1cnnc1)NCc1oc2ccccc2c1C.I. The van der Waals surface area contributed by atoms with Gasteiger partial charge in [-0.15, -0.1) is 34.2 Å². The van der Waals surface area contributed by atoms with E-state index in [0.29, 0.717) is 6.54 Å². The Kier molecular flexibility index (Phi) is 7.89. The maximum Gasteiger partial charge on any atom is 0.191 e. The van der Waals surface area contributed by atoms with E-state index in [2.05, 4.69) is 38.8 Å². The predicted molar refractivity (Wildman–Crippen MR) is 114 cm³/mol. The first-order valence-corrected chi connectivity index (χ1v) is 8.52. The number of nitrogens with zero attached hydrogens (tertiary/aromatic N) is 4. The Morgan fingerprint density at radius 2 is 1.92 bits per heavy atom. The van der Waals surface area contributed by atoms with Gasteiger partial charge in [-0.3, -0.25) is 4.99 Å². The number of hydrogen-bond donors (Lipinski definition) is 2. The molecule has 2 aromatic heterocycles. The molecule has 0 fully saturated rings. The van der Waals surface area contributed by atoms with Crippen LogP contribution in [-0.2, 0) is 13.1 Å². The fraction of sp³-hybridized carbons (Fsp3) is 0.389. The molecular formula is C18H25IN6O. The molecule has 2 heterocycles. The van der Waals surface area contributed by atoms with Crippen LogP contribution in [0.4, 0.5) is 0 Å². The van der Waals surface area contributed by atoms with Crippen molar-refractivity contribution in [2.75, 3.05) is 13.6 Å². The average molecular weight is 468 g/mol. The van der Waals surface area contributed by atoms with Crippen LogP contribution in [0.25, 0.3) is 11.0 Å². The lowest BCUT2D eigenvalue weighted by molar-refractivity contribution is 0.533. The average Bonchev–Trinajstić information content (AvgIpc) is 3.26. The third kappa shape index (κ3) is 5.20. The van der Waals surface area contributed by atoms with Gasteiger partial charge in [-0.25, -0.2) is 0 Å². The standard InChI is InChI=1S/C18H24N6O.HI/c1-14-15-7-3-4-8-16(15)25-17(14)11-21-18(19-2)20-9-5-6-10-24-12-22-23-13-24;/h3-4,7-8,12-13H,5-6,9-11H2,1-2H3,(H2,19,20,21);1H. The van der Waals surface area contributed by atoms with E-state index in [9.17, 15) is 0 Å². The van der Waals surface area contributed by atoms with Gasteiger partial charge in [0, 0.05) is 31.1 Å². The van der Waals surface area contributed by atoms with Crippen molar-refractivity contribution in [3.8, 4) is 0 Å². The number of unbranched alkanes of at least 4 members (excludes halogenated alkanes) is 1. The van der Waals surface area contributed by atoms with Gasteiger partial charge in [0.2, 0.25) is 0 Å². The summed E-state index contributed by atoms with van der Waals surface area (Å²) in [6, 6.07) is 8.10. The van der Waals surface area contributed by atoms with Crippen molar-refractivity contribution in [3.63, 3.8) is 0 Å². The molecular weight excluding hydrogens is 443 g/mol. The third-order valence-electron chi connectivity index (χ3n) is 4.18. The van der Waals surface area contributed by atoms with Crippen LogP contribution in [0.5, 0.6) is 0 Å². The second-order valence-electron chi connectivity index (χ2n) is 5.91. The van der Waals surface area contributed by atoms with Gasteiger partial charge < -0.3 is 19.6 Å². The number of aryl methyl sites for hydroxylation is 2. The number of furan rings is 1. The Bertz CT molecular complexity index is 827. The zero-order chi connectivity index (χ0) is 17.5. The second kappa shape index (κ2) is 10.1. The van der Waals surface area contributed by atoms with Gasteiger partial charge in [-0.05, 0) is 25.8 Å². The highest BCUT2D eigenvalue weighted by Gasteiger charge is 2.10. The minimum Gasteiger partial charge on any atom is -0.459 e. The molecule has 3 rings (SSSR count). The lowest BCUT2D eigenvalue weighted by Gasteiger charge is -2.11. The number of rotatable bonds is 7. The van der Waals surface area contributed by atoms with Gasteiger partial charge in [-0.1, -0.05) is 18.2 Å². The van der Waals surface area contributed by atoms with Crippen molar-refractivity contribution in [2.24, 2.45) is 4.99 Å². The third-order valence-corrected chi connectivity index (χ3v) is 4.18. The largest absolute Gasteiger partial charge is 0.459 e. The van der Waals surface area contributed by atoms with E-state index < -0.39 is 0 Å². The summed E-state index contributed by atoms with van der Waals surface area (Å²) in [5.74, 6) is 1.72. The summed E-state index contributed by atoms with van der Waals surface area (Å²) in [5.41, 5.74) is 2.10. The predicted octanol–water partition coefficient (Wildman–Crippen LogP) is 3.10. The topological polar surface area (TPSA) is 80.3 Å². The number of para-hydroxylation sites is 1. The fourth-order valence-corrected chi connectivity index (χ4v) is 2.74. The molecule has 0 spiro atoms. The number of guanidine groups is 1. The fourth-order valence-electron chi connectivity index (χ4n) is 2.74. The minimum absolute atomic E-state index is 0. The Balaban J connectivity index is 0.00000243. The summed E-state index contributed by atoms with van der Waals surface area (Å²) in [6.45, 7) is 4.49. The molecule has 3 aromatic rings. The Morgan fingerprint density at radius 3 is 2.65 bits per heavy atom.